The Balaban J connectivity index is 1.78. The van der Waals surface area contributed by atoms with Gasteiger partial charge in [-0.15, -0.1) is 0 Å². The standard InChI is InChI=1S/C15H24N4O2S/c1-22(20,21)19-10-4-5-12(11-19)14-15(17-9-8-16-14)18-13-6-2-3-7-13/h8-9,12-13H,2-7,10-11H2,1H3,(H,17,18)/t12-/m1/s1. The Morgan fingerprint density at radius 3 is 2.59 bits per heavy atom. The van der Waals surface area contributed by atoms with Crippen LogP contribution in [-0.4, -0.2) is 48.1 Å². The Morgan fingerprint density at radius 2 is 1.86 bits per heavy atom. The number of aromatic nitrogens is 2. The number of nitrogens with zero attached hydrogens (tertiary/aromatic N) is 3. The summed E-state index contributed by atoms with van der Waals surface area (Å²) in [6.45, 7) is 1.12. The third-order valence-corrected chi connectivity index (χ3v) is 5.93. The Labute approximate surface area is 132 Å². The molecule has 2 aliphatic rings. The van der Waals surface area contributed by atoms with Gasteiger partial charge in [-0.3, -0.25) is 4.98 Å². The van der Waals surface area contributed by atoms with E-state index in [4.69, 9.17) is 0 Å². The van der Waals surface area contributed by atoms with Crippen molar-refractivity contribution in [2.45, 2.75) is 50.5 Å². The van der Waals surface area contributed by atoms with Crippen molar-refractivity contribution < 1.29 is 8.42 Å². The van der Waals surface area contributed by atoms with Crippen LogP contribution in [0.25, 0.3) is 0 Å². The molecule has 0 radical (unpaired) electrons. The van der Waals surface area contributed by atoms with Crippen LogP contribution >= 0.6 is 0 Å². The molecule has 1 saturated carbocycles. The van der Waals surface area contributed by atoms with Crippen molar-refractivity contribution in [2.75, 3.05) is 24.7 Å². The fraction of sp³-hybridized carbons (Fsp3) is 0.733. The van der Waals surface area contributed by atoms with E-state index in [0.29, 0.717) is 19.1 Å². The second-order valence-corrected chi connectivity index (χ2v) is 8.36. The maximum atomic E-state index is 11.8. The predicted octanol–water partition coefficient (Wildman–Crippen LogP) is 1.97. The molecule has 7 heteroatoms. The molecule has 0 aromatic carbocycles. The van der Waals surface area contributed by atoms with Crippen LogP contribution in [0.15, 0.2) is 12.4 Å². The van der Waals surface area contributed by atoms with Gasteiger partial charge in [0.1, 0.15) is 5.82 Å². The Kier molecular flexibility index (Phi) is 4.63. The lowest BCUT2D eigenvalue weighted by Crippen LogP contribution is -2.38. The van der Waals surface area contributed by atoms with Crippen molar-refractivity contribution in [3.8, 4) is 0 Å². The van der Waals surface area contributed by atoms with Crippen LogP contribution < -0.4 is 5.32 Å². The van der Waals surface area contributed by atoms with Crippen LogP contribution in [0.1, 0.15) is 50.1 Å². The van der Waals surface area contributed by atoms with Gasteiger partial charge in [0.25, 0.3) is 0 Å². The smallest absolute Gasteiger partial charge is 0.211 e. The van der Waals surface area contributed by atoms with Crippen LogP contribution in [0, 0.1) is 0 Å². The Bertz CT molecular complexity index is 614. The van der Waals surface area contributed by atoms with Crippen LogP contribution in [0.5, 0.6) is 0 Å². The van der Waals surface area contributed by atoms with E-state index in [1.165, 1.54) is 31.9 Å². The highest BCUT2D eigenvalue weighted by Crippen LogP contribution is 2.31. The quantitative estimate of drug-likeness (QED) is 0.916. The number of anilines is 1. The fourth-order valence-electron chi connectivity index (χ4n) is 3.49. The summed E-state index contributed by atoms with van der Waals surface area (Å²) in [7, 11) is -3.14. The molecule has 1 saturated heterocycles. The molecule has 1 atom stereocenters. The van der Waals surface area contributed by atoms with Gasteiger partial charge in [-0.2, -0.15) is 0 Å². The van der Waals surface area contributed by atoms with E-state index in [-0.39, 0.29) is 5.92 Å². The molecule has 1 aromatic rings. The monoisotopic (exact) mass is 324 g/mol. The summed E-state index contributed by atoms with van der Waals surface area (Å²) >= 11 is 0. The zero-order valence-corrected chi connectivity index (χ0v) is 13.8. The first-order chi connectivity index (χ1) is 10.5. The zero-order valence-electron chi connectivity index (χ0n) is 13.0. The van der Waals surface area contributed by atoms with Crippen molar-refractivity contribution in [1.82, 2.24) is 14.3 Å². The maximum Gasteiger partial charge on any atom is 0.211 e. The molecule has 1 aliphatic carbocycles. The Hall–Kier alpha value is -1.21. The Morgan fingerprint density at radius 1 is 1.14 bits per heavy atom. The van der Waals surface area contributed by atoms with E-state index in [1.807, 2.05) is 0 Å². The number of hydrogen-bond donors (Lipinski definition) is 1. The second kappa shape index (κ2) is 6.50. The summed E-state index contributed by atoms with van der Waals surface area (Å²) in [6.07, 6.45) is 11.4. The second-order valence-electron chi connectivity index (χ2n) is 6.38. The molecule has 0 amide bonds. The number of rotatable bonds is 4. The first kappa shape index (κ1) is 15.7. The van der Waals surface area contributed by atoms with Crippen LogP contribution in [-0.2, 0) is 10.0 Å². The summed E-state index contributed by atoms with van der Waals surface area (Å²) in [5.74, 6) is 0.968. The minimum Gasteiger partial charge on any atom is -0.366 e. The molecule has 2 heterocycles. The summed E-state index contributed by atoms with van der Waals surface area (Å²) in [4.78, 5) is 8.98. The SMILES string of the molecule is CS(=O)(=O)N1CCC[C@@H](c2nccnc2NC2CCCC2)C1. The minimum atomic E-state index is -3.14. The molecule has 0 bridgehead atoms. The van der Waals surface area contributed by atoms with Crippen molar-refractivity contribution in [3.63, 3.8) is 0 Å². The minimum absolute atomic E-state index is 0.126. The third kappa shape index (κ3) is 3.57. The molecule has 6 nitrogen and oxygen atoms in total. The molecule has 1 aromatic heterocycles. The summed E-state index contributed by atoms with van der Waals surface area (Å²) in [5, 5.41) is 3.52. The number of nitrogens with one attached hydrogen (secondary N) is 1. The highest BCUT2D eigenvalue weighted by atomic mass is 32.2. The fourth-order valence-corrected chi connectivity index (χ4v) is 4.40. The highest BCUT2D eigenvalue weighted by molar-refractivity contribution is 7.88. The van der Waals surface area contributed by atoms with Crippen LogP contribution in [0.4, 0.5) is 5.82 Å². The van der Waals surface area contributed by atoms with Crippen molar-refractivity contribution in [2.24, 2.45) is 0 Å². The molecule has 1 aliphatic heterocycles. The molecule has 3 rings (SSSR count). The topological polar surface area (TPSA) is 75.2 Å². The average molecular weight is 324 g/mol. The normalized spacial score (nSPS) is 24.5. The zero-order chi connectivity index (χ0) is 15.6. The van der Waals surface area contributed by atoms with E-state index in [1.54, 1.807) is 16.7 Å². The molecule has 0 spiro atoms. The predicted molar refractivity (Wildman–Crippen MR) is 86.3 cm³/mol. The average Bonchev–Trinajstić information content (AvgIpc) is 3.00. The maximum absolute atomic E-state index is 11.8. The summed E-state index contributed by atoms with van der Waals surface area (Å²) < 4.78 is 25.2. The van der Waals surface area contributed by atoms with E-state index >= 15 is 0 Å². The van der Waals surface area contributed by atoms with Crippen molar-refractivity contribution >= 4 is 15.8 Å². The number of sulfonamides is 1. The molecule has 0 unspecified atom stereocenters. The first-order valence-corrected chi connectivity index (χ1v) is 9.91. The molecule has 1 N–H and O–H groups in total. The van der Waals surface area contributed by atoms with Gasteiger partial charge in [0.15, 0.2) is 0 Å². The lowest BCUT2D eigenvalue weighted by molar-refractivity contribution is 0.314. The first-order valence-electron chi connectivity index (χ1n) is 8.06. The van der Waals surface area contributed by atoms with Crippen molar-refractivity contribution in [3.05, 3.63) is 18.1 Å². The van der Waals surface area contributed by atoms with E-state index in [0.717, 1.165) is 24.4 Å². The van der Waals surface area contributed by atoms with Gasteiger partial charge < -0.3 is 5.32 Å². The van der Waals surface area contributed by atoms with Gasteiger partial charge in [-0.05, 0) is 25.7 Å². The van der Waals surface area contributed by atoms with Crippen LogP contribution in [0.2, 0.25) is 0 Å². The molecule has 22 heavy (non-hydrogen) atoms. The highest BCUT2D eigenvalue weighted by Gasteiger charge is 2.30. The lowest BCUT2D eigenvalue weighted by atomic mass is 9.95. The summed E-state index contributed by atoms with van der Waals surface area (Å²) in [5.41, 5.74) is 0.919. The lowest BCUT2D eigenvalue weighted by Gasteiger charge is -2.31. The van der Waals surface area contributed by atoms with E-state index in [2.05, 4.69) is 15.3 Å². The van der Waals surface area contributed by atoms with E-state index < -0.39 is 10.0 Å². The van der Waals surface area contributed by atoms with Gasteiger partial charge in [0.2, 0.25) is 10.0 Å². The number of piperidine rings is 1. The van der Waals surface area contributed by atoms with E-state index in [9.17, 15) is 8.42 Å². The van der Waals surface area contributed by atoms with Gasteiger partial charge in [-0.25, -0.2) is 17.7 Å². The molecule has 2 fully saturated rings. The van der Waals surface area contributed by atoms with Crippen molar-refractivity contribution in [1.29, 1.82) is 0 Å². The number of hydrogen-bond acceptors (Lipinski definition) is 5. The van der Waals surface area contributed by atoms with Crippen LogP contribution in [0.3, 0.4) is 0 Å². The molecular formula is C15H24N4O2S. The van der Waals surface area contributed by atoms with Gasteiger partial charge in [0.05, 0.1) is 11.9 Å². The largest absolute Gasteiger partial charge is 0.366 e. The summed E-state index contributed by atoms with van der Waals surface area (Å²) in [6, 6.07) is 0.477. The third-order valence-electron chi connectivity index (χ3n) is 4.66. The van der Waals surface area contributed by atoms with Gasteiger partial charge in [0, 0.05) is 37.4 Å². The molecule has 122 valence electrons. The van der Waals surface area contributed by atoms with Gasteiger partial charge >= 0.3 is 0 Å². The van der Waals surface area contributed by atoms with Gasteiger partial charge in [-0.1, -0.05) is 12.8 Å². The molecular weight excluding hydrogens is 300 g/mol.